The highest BCUT2D eigenvalue weighted by Crippen LogP contribution is 2.25. The summed E-state index contributed by atoms with van der Waals surface area (Å²) in [6, 6.07) is 5.93. The predicted octanol–water partition coefficient (Wildman–Crippen LogP) is 2.18. The van der Waals surface area contributed by atoms with Crippen LogP contribution in [0.25, 0.3) is 0 Å². The Morgan fingerprint density at radius 1 is 1.38 bits per heavy atom. The van der Waals surface area contributed by atoms with Crippen LogP contribution in [0.1, 0.15) is 18.4 Å². The van der Waals surface area contributed by atoms with Gasteiger partial charge >= 0.3 is 0 Å². The van der Waals surface area contributed by atoms with Crippen LogP contribution in [-0.4, -0.2) is 55.4 Å². The summed E-state index contributed by atoms with van der Waals surface area (Å²) in [5, 5.41) is 13.2. The first-order chi connectivity index (χ1) is 10.1. The van der Waals surface area contributed by atoms with Crippen LogP contribution in [0.15, 0.2) is 22.7 Å². The summed E-state index contributed by atoms with van der Waals surface area (Å²) in [4.78, 5) is 2.46. The molecule has 118 valence electrons. The van der Waals surface area contributed by atoms with E-state index in [-0.39, 0.29) is 0 Å². The van der Waals surface area contributed by atoms with Crippen LogP contribution >= 0.6 is 15.9 Å². The number of rotatable bonds is 8. The van der Waals surface area contributed by atoms with Gasteiger partial charge in [0, 0.05) is 19.6 Å². The molecule has 0 amide bonds. The lowest BCUT2D eigenvalue weighted by Gasteiger charge is -2.17. The van der Waals surface area contributed by atoms with Crippen molar-refractivity contribution >= 4 is 15.9 Å². The maximum atomic E-state index is 9.93. The molecule has 1 saturated heterocycles. The highest BCUT2D eigenvalue weighted by molar-refractivity contribution is 9.10. The summed E-state index contributed by atoms with van der Waals surface area (Å²) in [5.74, 6) is 0.775. The SMILES string of the molecule is Cc1ccc(OCC(O)CNCCN2CCCC2)c(Br)c1. The van der Waals surface area contributed by atoms with Gasteiger partial charge in [-0.3, -0.25) is 0 Å². The van der Waals surface area contributed by atoms with Gasteiger partial charge in [-0.1, -0.05) is 6.07 Å². The van der Waals surface area contributed by atoms with Gasteiger partial charge in [0.15, 0.2) is 0 Å². The van der Waals surface area contributed by atoms with Gasteiger partial charge in [0.2, 0.25) is 0 Å². The van der Waals surface area contributed by atoms with Crippen LogP contribution in [0.4, 0.5) is 0 Å². The Balaban J connectivity index is 1.59. The number of hydrogen-bond donors (Lipinski definition) is 2. The zero-order chi connectivity index (χ0) is 15.1. The molecule has 0 bridgehead atoms. The van der Waals surface area contributed by atoms with Crippen LogP contribution in [0.2, 0.25) is 0 Å². The van der Waals surface area contributed by atoms with Crippen LogP contribution in [0.5, 0.6) is 5.75 Å². The normalized spacial score (nSPS) is 17.1. The Morgan fingerprint density at radius 3 is 2.86 bits per heavy atom. The number of nitrogens with zero attached hydrogens (tertiary/aromatic N) is 1. The first-order valence-corrected chi connectivity index (χ1v) is 8.44. The topological polar surface area (TPSA) is 44.7 Å². The van der Waals surface area contributed by atoms with Crippen LogP contribution in [-0.2, 0) is 0 Å². The van der Waals surface area contributed by atoms with Gasteiger partial charge in [-0.2, -0.15) is 0 Å². The first-order valence-electron chi connectivity index (χ1n) is 7.65. The molecule has 0 saturated carbocycles. The Kier molecular flexibility index (Phi) is 6.96. The van der Waals surface area contributed by atoms with Crippen molar-refractivity contribution in [2.24, 2.45) is 0 Å². The monoisotopic (exact) mass is 356 g/mol. The average Bonchev–Trinajstić information content (AvgIpc) is 2.96. The van der Waals surface area contributed by atoms with Gasteiger partial charge in [-0.05, 0) is 66.5 Å². The Labute approximate surface area is 135 Å². The van der Waals surface area contributed by atoms with E-state index in [0.717, 1.165) is 23.3 Å². The average molecular weight is 357 g/mol. The molecule has 1 aliphatic heterocycles. The predicted molar refractivity (Wildman–Crippen MR) is 88.9 cm³/mol. The van der Waals surface area contributed by atoms with Crippen LogP contribution in [0, 0.1) is 6.92 Å². The molecule has 4 nitrogen and oxygen atoms in total. The van der Waals surface area contributed by atoms with Crippen molar-refractivity contribution in [3.8, 4) is 5.75 Å². The molecule has 0 aliphatic carbocycles. The smallest absolute Gasteiger partial charge is 0.133 e. The van der Waals surface area contributed by atoms with Gasteiger partial charge in [-0.15, -0.1) is 0 Å². The number of nitrogens with one attached hydrogen (secondary N) is 1. The van der Waals surface area contributed by atoms with Crippen molar-refractivity contribution in [1.82, 2.24) is 10.2 Å². The van der Waals surface area contributed by atoms with E-state index in [1.807, 2.05) is 25.1 Å². The summed E-state index contributed by atoms with van der Waals surface area (Å²) in [6.07, 6.45) is 2.15. The van der Waals surface area contributed by atoms with Crippen molar-refractivity contribution in [2.45, 2.75) is 25.9 Å². The van der Waals surface area contributed by atoms with E-state index in [1.165, 1.54) is 31.5 Å². The second-order valence-electron chi connectivity index (χ2n) is 5.65. The highest BCUT2D eigenvalue weighted by Gasteiger charge is 2.11. The quantitative estimate of drug-likeness (QED) is 0.700. The molecule has 0 spiro atoms. The number of aliphatic hydroxyl groups is 1. The van der Waals surface area contributed by atoms with Gasteiger partial charge in [0.25, 0.3) is 0 Å². The van der Waals surface area contributed by atoms with Crippen molar-refractivity contribution in [3.63, 3.8) is 0 Å². The number of hydrogen-bond acceptors (Lipinski definition) is 4. The minimum Gasteiger partial charge on any atom is -0.490 e. The molecular weight excluding hydrogens is 332 g/mol. The molecule has 2 rings (SSSR count). The molecular formula is C16H25BrN2O2. The van der Waals surface area contributed by atoms with Gasteiger partial charge in [-0.25, -0.2) is 0 Å². The van der Waals surface area contributed by atoms with Crippen molar-refractivity contribution in [1.29, 1.82) is 0 Å². The van der Waals surface area contributed by atoms with E-state index in [9.17, 15) is 5.11 Å². The Hall–Kier alpha value is -0.620. The molecule has 0 radical (unpaired) electrons. The molecule has 1 aromatic carbocycles. The second-order valence-corrected chi connectivity index (χ2v) is 6.51. The lowest BCUT2D eigenvalue weighted by atomic mass is 10.2. The summed E-state index contributed by atoms with van der Waals surface area (Å²) < 4.78 is 6.56. The number of likely N-dealkylation sites (tertiary alicyclic amines) is 1. The van der Waals surface area contributed by atoms with E-state index < -0.39 is 6.10 Å². The van der Waals surface area contributed by atoms with Crippen LogP contribution < -0.4 is 10.1 Å². The highest BCUT2D eigenvalue weighted by atomic mass is 79.9. The van der Waals surface area contributed by atoms with Crippen molar-refractivity contribution < 1.29 is 9.84 Å². The van der Waals surface area contributed by atoms with Crippen molar-refractivity contribution in [2.75, 3.05) is 39.3 Å². The zero-order valence-corrected chi connectivity index (χ0v) is 14.2. The first kappa shape index (κ1) is 16.7. The molecule has 1 aromatic rings. The van der Waals surface area contributed by atoms with E-state index in [2.05, 4.69) is 26.1 Å². The molecule has 2 N–H and O–H groups in total. The number of aryl methyl sites for hydroxylation is 1. The zero-order valence-electron chi connectivity index (χ0n) is 12.6. The summed E-state index contributed by atoms with van der Waals surface area (Å²) in [6.45, 7) is 7.33. The van der Waals surface area contributed by atoms with Gasteiger partial charge in [0.05, 0.1) is 4.47 Å². The molecule has 5 heteroatoms. The minimum atomic E-state index is -0.489. The number of halogens is 1. The molecule has 1 unspecified atom stereocenters. The third-order valence-electron chi connectivity index (χ3n) is 3.70. The largest absolute Gasteiger partial charge is 0.490 e. The molecule has 1 atom stereocenters. The van der Waals surface area contributed by atoms with E-state index >= 15 is 0 Å². The fourth-order valence-corrected chi connectivity index (χ4v) is 3.09. The fraction of sp³-hybridized carbons (Fsp3) is 0.625. The lowest BCUT2D eigenvalue weighted by molar-refractivity contribution is 0.105. The maximum absolute atomic E-state index is 9.93. The molecule has 21 heavy (non-hydrogen) atoms. The van der Waals surface area contributed by atoms with E-state index in [0.29, 0.717) is 13.2 Å². The second kappa shape index (κ2) is 8.73. The molecule has 0 aromatic heterocycles. The van der Waals surface area contributed by atoms with Gasteiger partial charge in [0.1, 0.15) is 18.5 Å². The summed E-state index contributed by atoms with van der Waals surface area (Å²) in [5.41, 5.74) is 1.18. The molecule has 1 fully saturated rings. The standard InChI is InChI=1S/C16H25BrN2O2/c1-13-4-5-16(15(17)10-13)21-12-14(20)11-18-6-9-19-7-2-3-8-19/h4-5,10,14,18,20H,2-3,6-9,11-12H2,1H3. The third kappa shape index (κ3) is 5.94. The third-order valence-corrected chi connectivity index (χ3v) is 4.32. The van der Waals surface area contributed by atoms with E-state index in [1.54, 1.807) is 0 Å². The Morgan fingerprint density at radius 2 is 2.14 bits per heavy atom. The summed E-state index contributed by atoms with van der Waals surface area (Å²) in [7, 11) is 0. The van der Waals surface area contributed by atoms with Gasteiger partial charge < -0.3 is 20.1 Å². The number of aliphatic hydroxyl groups excluding tert-OH is 1. The summed E-state index contributed by atoms with van der Waals surface area (Å²) >= 11 is 3.47. The lowest BCUT2D eigenvalue weighted by Crippen LogP contribution is -2.36. The Bertz CT molecular complexity index is 436. The fourth-order valence-electron chi connectivity index (χ4n) is 2.48. The maximum Gasteiger partial charge on any atom is 0.133 e. The van der Waals surface area contributed by atoms with Crippen molar-refractivity contribution in [3.05, 3.63) is 28.2 Å². The minimum absolute atomic E-state index is 0.304. The van der Waals surface area contributed by atoms with E-state index in [4.69, 9.17) is 4.74 Å². The van der Waals surface area contributed by atoms with Crippen LogP contribution in [0.3, 0.4) is 0 Å². The molecule has 1 heterocycles. The number of benzene rings is 1. The number of ether oxygens (including phenoxy) is 1. The molecule has 1 aliphatic rings.